The molecule has 5 fully saturated rings. The van der Waals surface area contributed by atoms with Gasteiger partial charge in [0.25, 0.3) is 0 Å². The Morgan fingerprint density at radius 3 is 1.89 bits per heavy atom. The fourth-order valence-electron chi connectivity index (χ4n) is 8.40. The number of unbranched alkanes of at least 4 members (excludes halogenated alkanes) is 6. The van der Waals surface area contributed by atoms with Gasteiger partial charge in [-0.25, -0.2) is 0 Å². The van der Waals surface area contributed by atoms with E-state index >= 15 is 0 Å². The number of ketones is 1. The molecule has 0 aromatic carbocycles. The first-order chi connectivity index (χ1) is 27.6. The molecule has 0 aromatic heterocycles. The molecule has 0 aliphatic carbocycles. The van der Waals surface area contributed by atoms with Crippen molar-refractivity contribution in [3.8, 4) is 0 Å². The van der Waals surface area contributed by atoms with Crippen molar-refractivity contribution in [2.24, 2.45) is 11.8 Å². The van der Waals surface area contributed by atoms with Gasteiger partial charge in [0.1, 0.15) is 5.78 Å². The molecule has 0 saturated carbocycles. The standard InChI is InChI=1S/C22H40O4.C11H18O2.C8H14O.C7H16.C2H6/c1-5-6-7-10-21(24-4)22-16(2)11-12-20(26-22)15-19(23)14-18-9-8-13-25-17(18)3;1-9-7-11(13-8-9)5-4-10-3-2-6-12-10;1-3-8-5-4-7(2)6-9-8;1-3-5-7-6-4-2;1-2/h16-18,20-22H,5-15H2,1-4H3;10-11H,1-8H2;8H,2-6H2,1H3;3-7H2,1-2H3;1-2H3/t16?,17-,18-,20?,21?,22-;10?,11-;8-;;/m000../s1. The molecule has 0 spiro atoms. The molecule has 0 radical (unpaired) electrons. The maximum atomic E-state index is 12.6. The van der Waals surface area contributed by atoms with Gasteiger partial charge in [-0.05, 0) is 108 Å². The molecule has 57 heavy (non-hydrogen) atoms. The number of ether oxygens (including phenoxy) is 6. The molecule has 4 unspecified atom stereocenters. The van der Waals surface area contributed by atoms with Crippen molar-refractivity contribution in [2.75, 3.05) is 33.5 Å². The lowest BCUT2D eigenvalue weighted by Crippen LogP contribution is -2.43. The molecular weight excluding hydrogens is 713 g/mol. The van der Waals surface area contributed by atoms with E-state index in [1.807, 2.05) is 13.8 Å². The molecule has 0 aromatic rings. The summed E-state index contributed by atoms with van der Waals surface area (Å²) in [5.74, 6) is 1.22. The first kappa shape index (κ1) is 53.9. The van der Waals surface area contributed by atoms with Crippen molar-refractivity contribution in [2.45, 2.75) is 246 Å². The third kappa shape index (κ3) is 24.7. The Labute approximate surface area is 353 Å². The van der Waals surface area contributed by atoms with Crippen LogP contribution in [-0.2, 0) is 33.2 Å². The van der Waals surface area contributed by atoms with Gasteiger partial charge >= 0.3 is 0 Å². The fourth-order valence-corrected chi connectivity index (χ4v) is 8.40. The lowest BCUT2D eigenvalue weighted by molar-refractivity contribution is -0.151. The first-order valence-corrected chi connectivity index (χ1v) is 24.1. The van der Waals surface area contributed by atoms with Crippen molar-refractivity contribution in [3.05, 3.63) is 24.3 Å². The number of hydrogen-bond acceptors (Lipinski definition) is 7. The van der Waals surface area contributed by atoms with Gasteiger partial charge in [-0.3, -0.25) is 4.79 Å². The van der Waals surface area contributed by atoms with Crippen LogP contribution in [0.2, 0.25) is 0 Å². The van der Waals surface area contributed by atoms with Gasteiger partial charge in [0.05, 0.1) is 55.9 Å². The highest BCUT2D eigenvalue weighted by Gasteiger charge is 2.35. The minimum atomic E-state index is 0.0624. The number of carbonyl (C=O) groups is 1. The molecule has 9 atom stereocenters. The van der Waals surface area contributed by atoms with Crippen LogP contribution in [0.25, 0.3) is 0 Å². The minimum absolute atomic E-state index is 0.0624. The number of rotatable bonds is 18. The molecule has 0 bridgehead atoms. The Morgan fingerprint density at radius 1 is 0.702 bits per heavy atom. The van der Waals surface area contributed by atoms with Crippen molar-refractivity contribution in [1.82, 2.24) is 0 Å². The number of methoxy groups -OCH3 is 1. The Balaban J connectivity index is 0.000000432. The molecule has 336 valence electrons. The zero-order chi connectivity index (χ0) is 42.3. The van der Waals surface area contributed by atoms with Crippen LogP contribution < -0.4 is 0 Å². The predicted molar refractivity (Wildman–Crippen MR) is 240 cm³/mol. The summed E-state index contributed by atoms with van der Waals surface area (Å²) in [6.07, 6.45) is 28.6. The summed E-state index contributed by atoms with van der Waals surface area (Å²) < 4.78 is 34.4. The van der Waals surface area contributed by atoms with Crippen molar-refractivity contribution < 1.29 is 33.2 Å². The molecule has 0 amide bonds. The van der Waals surface area contributed by atoms with Gasteiger partial charge < -0.3 is 28.4 Å². The summed E-state index contributed by atoms with van der Waals surface area (Å²) >= 11 is 0. The van der Waals surface area contributed by atoms with Gasteiger partial charge in [-0.15, -0.1) is 0 Å². The van der Waals surface area contributed by atoms with E-state index in [1.165, 1.54) is 88.2 Å². The van der Waals surface area contributed by atoms with Crippen molar-refractivity contribution in [1.29, 1.82) is 0 Å². The van der Waals surface area contributed by atoms with Crippen LogP contribution in [0.15, 0.2) is 24.3 Å². The van der Waals surface area contributed by atoms with Crippen molar-refractivity contribution in [3.63, 3.8) is 0 Å². The molecule has 5 rings (SSSR count). The third-order valence-corrected chi connectivity index (χ3v) is 12.2. The quantitative estimate of drug-likeness (QED) is 0.101. The summed E-state index contributed by atoms with van der Waals surface area (Å²) in [6, 6.07) is 0. The van der Waals surface area contributed by atoms with Gasteiger partial charge in [0, 0.05) is 33.2 Å². The Morgan fingerprint density at radius 2 is 1.33 bits per heavy atom. The second kappa shape index (κ2) is 34.6. The highest BCUT2D eigenvalue weighted by atomic mass is 16.5. The summed E-state index contributed by atoms with van der Waals surface area (Å²) in [4.78, 5) is 12.6. The van der Waals surface area contributed by atoms with E-state index < -0.39 is 0 Å². The topological polar surface area (TPSA) is 72.5 Å². The van der Waals surface area contributed by atoms with Gasteiger partial charge in [0.2, 0.25) is 0 Å². The van der Waals surface area contributed by atoms with E-state index in [1.54, 1.807) is 7.11 Å². The molecular formula is C50H94O7. The van der Waals surface area contributed by atoms with Crippen LogP contribution in [0.5, 0.6) is 0 Å². The average Bonchev–Trinajstić information content (AvgIpc) is 3.91. The maximum Gasteiger partial charge on any atom is 0.135 e. The van der Waals surface area contributed by atoms with E-state index in [0.717, 1.165) is 84.2 Å². The monoisotopic (exact) mass is 807 g/mol. The summed E-state index contributed by atoms with van der Waals surface area (Å²) in [5.41, 5.74) is 2.50. The van der Waals surface area contributed by atoms with Crippen molar-refractivity contribution >= 4 is 5.78 Å². The molecule has 5 aliphatic heterocycles. The van der Waals surface area contributed by atoms with Gasteiger partial charge in [0.15, 0.2) is 0 Å². The SMILES string of the molecule is C=C1CC[C@H](CC)OC1.C=C1CO[C@@H](CCC2CCCO2)C1.CC.CCCCCC(OC)[C@H]1OC(CC(=O)C[C@@H]2CCCO[C@H]2C)CCC1C.CCCCCCC. The normalized spacial score (nSPS) is 29.0. The molecule has 5 saturated heterocycles. The Bertz CT molecular complexity index is 979. The van der Waals surface area contributed by atoms with E-state index in [4.69, 9.17) is 28.4 Å². The molecule has 0 N–H and O–H groups in total. The largest absolute Gasteiger partial charge is 0.379 e. The maximum absolute atomic E-state index is 12.6. The third-order valence-electron chi connectivity index (χ3n) is 12.2. The predicted octanol–water partition coefficient (Wildman–Crippen LogP) is 13.4. The van der Waals surface area contributed by atoms with Gasteiger partial charge in [-0.1, -0.05) is 119 Å². The number of hydrogen-bond donors (Lipinski definition) is 0. The molecule has 5 aliphatic rings. The highest BCUT2D eigenvalue weighted by molar-refractivity contribution is 5.79. The summed E-state index contributed by atoms with van der Waals surface area (Å²) in [6.45, 7) is 28.4. The number of Topliss-reactive ketones (excluding diaryl/α,β-unsaturated/α-hetero) is 1. The average molecular weight is 807 g/mol. The van der Waals surface area contributed by atoms with Crippen LogP contribution in [0.3, 0.4) is 0 Å². The molecule has 5 heterocycles. The fraction of sp³-hybridized carbons (Fsp3) is 0.900. The first-order valence-electron chi connectivity index (χ1n) is 24.1. The zero-order valence-corrected chi connectivity index (χ0v) is 39.1. The zero-order valence-electron chi connectivity index (χ0n) is 39.1. The highest BCUT2D eigenvalue weighted by Crippen LogP contribution is 2.32. The Hall–Kier alpha value is -1.09. The van der Waals surface area contributed by atoms with Crippen LogP contribution in [0, 0.1) is 11.8 Å². The molecule has 7 nitrogen and oxygen atoms in total. The van der Waals surface area contributed by atoms with Crippen LogP contribution >= 0.6 is 0 Å². The van der Waals surface area contributed by atoms with E-state index in [-0.39, 0.29) is 24.4 Å². The van der Waals surface area contributed by atoms with Crippen LogP contribution in [0.4, 0.5) is 0 Å². The van der Waals surface area contributed by atoms with E-state index in [2.05, 4.69) is 54.7 Å². The van der Waals surface area contributed by atoms with E-state index in [0.29, 0.717) is 48.8 Å². The van der Waals surface area contributed by atoms with Gasteiger partial charge in [-0.2, -0.15) is 0 Å². The van der Waals surface area contributed by atoms with E-state index in [9.17, 15) is 4.79 Å². The second-order valence-corrected chi connectivity index (χ2v) is 17.3. The Kier molecular flexibility index (Phi) is 32.7. The summed E-state index contributed by atoms with van der Waals surface area (Å²) in [5, 5.41) is 0. The van der Waals surface area contributed by atoms with Crippen LogP contribution in [-0.4, -0.2) is 82.0 Å². The smallest absolute Gasteiger partial charge is 0.135 e. The summed E-state index contributed by atoms with van der Waals surface area (Å²) in [7, 11) is 1.80. The number of carbonyl (C=O) groups excluding carboxylic acids is 1. The second-order valence-electron chi connectivity index (χ2n) is 17.3. The minimum Gasteiger partial charge on any atom is -0.379 e. The lowest BCUT2D eigenvalue weighted by atomic mass is 9.85. The lowest BCUT2D eigenvalue weighted by Gasteiger charge is -2.39. The van der Waals surface area contributed by atoms with Crippen LogP contribution in [0.1, 0.15) is 203 Å². The molecule has 7 heteroatoms.